The van der Waals surface area contributed by atoms with Gasteiger partial charge in [0.2, 0.25) is 5.78 Å². The van der Waals surface area contributed by atoms with E-state index in [1.807, 2.05) is 34.2 Å². The van der Waals surface area contributed by atoms with Crippen LogP contribution < -0.4 is 0 Å². The number of hydrogen-bond donors (Lipinski definition) is 0. The van der Waals surface area contributed by atoms with Crippen LogP contribution in [0.4, 0.5) is 13.2 Å². The van der Waals surface area contributed by atoms with E-state index in [1.165, 1.54) is 11.3 Å². The van der Waals surface area contributed by atoms with Gasteiger partial charge in [-0.3, -0.25) is 4.79 Å². The number of aromatic nitrogens is 1. The molecule has 0 bridgehead atoms. The van der Waals surface area contributed by atoms with Crippen LogP contribution in [0.15, 0.2) is 59.1 Å². The van der Waals surface area contributed by atoms with Crippen LogP contribution in [0.3, 0.4) is 0 Å². The first-order valence-corrected chi connectivity index (χ1v) is 10.2. The van der Waals surface area contributed by atoms with E-state index in [0.717, 1.165) is 21.8 Å². The summed E-state index contributed by atoms with van der Waals surface area (Å²) in [6.07, 6.45) is -4.80. The molecule has 0 atom stereocenters. The second kappa shape index (κ2) is 7.05. The summed E-state index contributed by atoms with van der Waals surface area (Å²) in [4.78, 5) is 28.6. The van der Waals surface area contributed by atoms with Crippen LogP contribution in [0.25, 0.3) is 21.8 Å². The van der Waals surface area contributed by atoms with Gasteiger partial charge in [-0.1, -0.05) is 29.4 Å². The lowest BCUT2D eigenvalue weighted by Gasteiger charge is -2.18. The summed E-state index contributed by atoms with van der Waals surface area (Å²) in [6, 6.07) is 14.5. The number of aryl methyl sites for hydroxylation is 1. The first kappa shape index (κ1) is 19.5. The summed E-state index contributed by atoms with van der Waals surface area (Å²) in [5.74, 6) is -2.42. The van der Waals surface area contributed by atoms with E-state index in [1.54, 1.807) is 24.3 Å². The molecular formula is C22H13F3N2O3S. The molecule has 31 heavy (non-hydrogen) atoms. The van der Waals surface area contributed by atoms with Crippen LogP contribution in [0.5, 0.6) is 0 Å². The van der Waals surface area contributed by atoms with E-state index in [2.05, 4.69) is 9.99 Å². The lowest BCUT2D eigenvalue weighted by Crippen LogP contribution is -2.24. The molecule has 0 spiro atoms. The number of ketones is 1. The average Bonchev–Trinajstić information content (AvgIpc) is 3.40. The van der Waals surface area contributed by atoms with Gasteiger partial charge in [0.15, 0.2) is 0 Å². The number of carbonyl (C=O) groups is 2. The average molecular weight is 442 g/mol. The molecule has 3 heterocycles. The molecule has 0 saturated heterocycles. The van der Waals surface area contributed by atoms with Crippen LogP contribution in [-0.4, -0.2) is 28.2 Å². The van der Waals surface area contributed by atoms with E-state index < -0.39 is 12.1 Å². The summed E-state index contributed by atoms with van der Waals surface area (Å²) in [7, 11) is 0. The van der Waals surface area contributed by atoms with Gasteiger partial charge in [0.1, 0.15) is 0 Å². The van der Waals surface area contributed by atoms with Gasteiger partial charge in [-0.15, -0.1) is 11.3 Å². The Kier molecular flexibility index (Phi) is 4.44. The predicted octanol–water partition coefficient (Wildman–Crippen LogP) is 5.30. The molecule has 5 rings (SSSR count). The second-order valence-corrected chi connectivity index (χ2v) is 8.00. The van der Waals surface area contributed by atoms with Crippen LogP contribution >= 0.6 is 11.3 Å². The third-order valence-corrected chi connectivity index (χ3v) is 6.11. The number of hydrogen-bond acceptors (Lipinski definition) is 5. The van der Waals surface area contributed by atoms with Crippen molar-refractivity contribution in [2.24, 2.45) is 5.16 Å². The Bertz CT molecular complexity index is 1380. The molecule has 1 aliphatic rings. The number of carbonyl (C=O) groups excluding carboxylic acids is 2. The second-order valence-electron chi connectivity index (χ2n) is 7.06. The van der Waals surface area contributed by atoms with E-state index >= 15 is 0 Å². The van der Waals surface area contributed by atoms with Gasteiger partial charge in [0, 0.05) is 40.4 Å². The monoisotopic (exact) mass is 442 g/mol. The van der Waals surface area contributed by atoms with E-state index in [4.69, 9.17) is 0 Å². The third kappa shape index (κ3) is 3.21. The molecule has 0 radical (unpaired) electrons. The van der Waals surface area contributed by atoms with Crippen LogP contribution in [0, 0.1) is 0 Å². The summed E-state index contributed by atoms with van der Waals surface area (Å²) in [6.45, 7) is 0.456. The van der Waals surface area contributed by atoms with Crippen molar-refractivity contribution in [3.05, 3.63) is 69.9 Å². The Morgan fingerprint density at radius 3 is 2.65 bits per heavy atom. The van der Waals surface area contributed by atoms with E-state index in [9.17, 15) is 22.8 Å². The molecule has 0 saturated carbocycles. The number of oxime groups is 1. The molecule has 0 N–H and O–H groups in total. The van der Waals surface area contributed by atoms with Crippen molar-refractivity contribution in [3.8, 4) is 0 Å². The van der Waals surface area contributed by atoms with Gasteiger partial charge in [-0.05, 0) is 29.6 Å². The molecule has 0 aliphatic carbocycles. The Labute approximate surface area is 177 Å². The Morgan fingerprint density at radius 2 is 1.90 bits per heavy atom. The maximum absolute atomic E-state index is 12.8. The molecule has 0 amide bonds. The molecule has 1 aliphatic heterocycles. The van der Waals surface area contributed by atoms with E-state index in [0.29, 0.717) is 29.0 Å². The molecule has 2 aromatic carbocycles. The lowest BCUT2D eigenvalue weighted by molar-refractivity contribution is -0.199. The number of nitrogens with zero attached hydrogens (tertiary/aromatic N) is 2. The normalized spacial score (nSPS) is 15.0. The zero-order valence-corrected chi connectivity index (χ0v) is 16.6. The van der Waals surface area contributed by atoms with Crippen molar-refractivity contribution in [1.82, 2.24) is 4.57 Å². The fourth-order valence-corrected chi connectivity index (χ4v) is 4.60. The molecular weight excluding hydrogens is 429 g/mol. The molecule has 5 nitrogen and oxygen atoms in total. The summed E-state index contributed by atoms with van der Waals surface area (Å²) in [5.41, 5.74) is 3.13. The zero-order valence-electron chi connectivity index (χ0n) is 15.8. The lowest BCUT2D eigenvalue weighted by atomic mass is 10.0. The summed E-state index contributed by atoms with van der Waals surface area (Å²) < 4.78 is 39.4. The smallest absolute Gasteiger partial charge is 0.340 e. The maximum atomic E-state index is 12.8. The topological polar surface area (TPSA) is 60.7 Å². The fourth-order valence-electron chi connectivity index (χ4n) is 3.91. The SMILES string of the molecule is O=C(c1ccc2c(c1)c1cccc3c1n2CC/C3=N\OC(=O)C(F)(F)F)c1cccs1. The number of thiophene rings is 1. The van der Waals surface area contributed by atoms with Crippen molar-refractivity contribution < 1.29 is 27.6 Å². The third-order valence-electron chi connectivity index (χ3n) is 5.24. The minimum Gasteiger partial charge on any atom is -0.340 e. The zero-order chi connectivity index (χ0) is 21.8. The van der Waals surface area contributed by atoms with Crippen molar-refractivity contribution in [1.29, 1.82) is 0 Å². The largest absolute Gasteiger partial charge is 0.493 e. The highest BCUT2D eigenvalue weighted by Gasteiger charge is 2.42. The highest BCUT2D eigenvalue weighted by atomic mass is 32.1. The Balaban J connectivity index is 1.62. The van der Waals surface area contributed by atoms with Crippen molar-refractivity contribution in [2.75, 3.05) is 0 Å². The molecule has 2 aromatic heterocycles. The number of benzene rings is 2. The van der Waals surface area contributed by atoms with Gasteiger partial charge in [-0.2, -0.15) is 13.2 Å². The van der Waals surface area contributed by atoms with Crippen LogP contribution in [0.2, 0.25) is 0 Å². The molecule has 0 fully saturated rings. The fraction of sp³-hybridized carbons (Fsp3) is 0.136. The first-order chi connectivity index (χ1) is 14.8. The predicted molar refractivity (Wildman–Crippen MR) is 110 cm³/mol. The maximum Gasteiger partial charge on any atom is 0.493 e. The first-order valence-electron chi connectivity index (χ1n) is 9.33. The highest BCUT2D eigenvalue weighted by molar-refractivity contribution is 7.12. The van der Waals surface area contributed by atoms with Crippen LogP contribution in [0.1, 0.15) is 27.2 Å². The van der Waals surface area contributed by atoms with Crippen molar-refractivity contribution in [3.63, 3.8) is 0 Å². The quantitative estimate of drug-likeness (QED) is 0.246. The van der Waals surface area contributed by atoms with Gasteiger partial charge in [-0.25, -0.2) is 4.79 Å². The van der Waals surface area contributed by atoms with Crippen molar-refractivity contribution >= 4 is 50.6 Å². The van der Waals surface area contributed by atoms with Gasteiger partial charge in [0.05, 0.1) is 16.1 Å². The van der Waals surface area contributed by atoms with Gasteiger partial charge >= 0.3 is 12.1 Å². The van der Waals surface area contributed by atoms with Gasteiger partial charge < -0.3 is 9.40 Å². The summed E-state index contributed by atoms with van der Waals surface area (Å²) in [5, 5.41) is 7.07. The Morgan fingerprint density at radius 1 is 1.06 bits per heavy atom. The van der Waals surface area contributed by atoms with Crippen molar-refractivity contribution in [2.45, 2.75) is 19.1 Å². The number of para-hydroxylation sites is 1. The number of alkyl halides is 3. The minimum absolute atomic E-state index is 0.0647. The molecule has 4 aromatic rings. The van der Waals surface area contributed by atoms with Crippen LogP contribution in [-0.2, 0) is 16.2 Å². The molecule has 156 valence electrons. The number of rotatable bonds is 3. The highest BCUT2D eigenvalue weighted by Crippen LogP contribution is 2.36. The summed E-state index contributed by atoms with van der Waals surface area (Å²) >= 11 is 1.37. The number of halogens is 3. The molecule has 0 unspecified atom stereocenters. The number of fused-ring (bicyclic) bond motifs is 3. The molecule has 9 heteroatoms. The van der Waals surface area contributed by atoms with Gasteiger partial charge in [0.25, 0.3) is 0 Å². The van der Waals surface area contributed by atoms with E-state index in [-0.39, 0.29) is 11.5 Å². The standard InChI is InChI=1S/C22H13F3N2O3S/c23-22(24,25)21(29)30-26-16-8-9-27-17-7-6-12(20(28)18-5-2-10-31-18)11-15(17)13-3-1-4-14(16)19(13)27/h1-7,10-11H,8-9H2/b26-16+. The Hall–Kier alpha value is -3.46. The minimum atomic E-state index is -5.11.